The van der Waals surface area contributed by atoms with Gasteiger partial charge in [0, 0.05) is 10.9 Å². The molecule has 0 saturated carbocycles. The van der Waals surface area contributed by atoms with Gasteiger partial charge in [-0.05, 0) is 40.8 Å². The standard InChI is InChI=1S/C26H20N4O3S/c31-22(14-30-23(32)26(29-25(30)33)12-11-17-6-3-4-8-20(17)26)28-24-27-21(15-34-24)19-10-9-16-5-1-2-7-18(16)13-19/h1-10,13,15H,11-12,14H2,(H,29,33)(H,27,28,31). The first-order valence-corrected chi connectivity index (χ1v) is 11.9. The Bertz CT molecular complexity index is 1480. The van der Waals surface area contributed by atoms with Crippen LogP contribution in [0.2, 0.25) is 0 Å². The number of aromatic nitrogens is 1. The summed E-state index contributed by atoms with van der Waals surface area (Å²) in [6, 6.07) is 21.2. The monoisotopic (exact) mass is 468 g/mol. The van der Waals surface area contributed by atoms with Crippen molar-refractivity contribution in [3.05, 3.63) is 83.2 Å². The van der Waals surface area contributed by atoms with Crippen LogP contribution in [0.25, 0.3) is 22.0 Å². The highest BCUT2D eigenvalue weighted by Gasteiger charge is 2.55. The number of amides is 4. The van der Waals surface area contributed by atoms with Crippen LogP contribution in [0.4, 0.5) is 9.93 Å². The Balaban J connectivity index is 1.17. The molecular weight excluding hydrogens is 448 g/mol. The van der Waals surface area contributed by atoms with Gasteiger partial charge in [-0.3, -0.25) is 14.5 Å². The molecule has 7 nitrogen and oxygen atoms in total. The zero-order chi connectivity index (χ0) is 23.3. The molecule has 2 heterocycles. The molecule has 4 amide bonds. The summed E-state index contributed by atoms with van der Waals surface area (Å²) >= 11 is 1.30. The van der Waals surface area contributed by atoms with Crippen molar-refractivity contribution in [3.8, 4) is 11.3 Å². The van der Waals surface area contributed by atoms with Crippen LogP contribution < -0.4 is 10.6 Å². The van der Waals surface area contributed by atoms with Gasteiger partial charge in [-0.2, -0.15) is 0 Å². The second kappa shape index (κ2) is 7.78. The number of carbonyl (C=O) groups is 3. The van der Waals surface area contributed by atoms with Gasteiger partial charge in [0.15, 0.2) is 5.13 Å². The molecule has 8 heteroatoms. The fraction of sp³-hybridized carbons (Fsp3) is 0.154. The Kier molecular flexibility index (Phi) is 4.70. The molecule has 3 aromatic carbocycles. The van der Waals surface area contributed by atoms with E-state index in [0.29, 0.717) is 18.0 Å². The van der Waals surface area contributed by atoms with Gasteiger partial charge < -0.3 is 10.6 Å². The number of urea groups is 1. The molecule has 2 N–H and O–H groups in total. The molecule has 1 aliphatic heterocycles. The minimum Gasteiger partial charge on any atom is -0.319 e. The van der Waals surface area contributed by atoms with Crippen molar-refractivity contribution in [3.63, 3.8) is 0 Å². The van der Waals surface area contributed by atoms with Crippen molar-refractivity contribution in [2.75, 3.05) is 11.9 Å². The minimum atomic E-state index is -1.07. The van der Waals surface area contributed by atoms with E-state index in [1.807, 2.05) is 60.0 Å². The van der Waals surface area contributed by atoms with E-state index >= 15 is 0 Å². The number of carbonyl (C=O) groups excluding carboxylic acids is 3. The second-order valence-corrected chi connectivity index (χ2v) is 9.39. The van der Waals surface area contributed by atoms with E-state index in [0.717, 1.165) is 38.1 Å². The fourth-order valence-electron chi connectivity index (χ4n) is 4.85. The third-order valence-electron chi connectivity index (χ3n) is 6.52. The minimum absolute atomic E-state index is 0.362. The van der Waals surface area contributed by atoms with Crippen LogP contribution in [-0.2, 0) is 21.5 Å². The highest BCUT2D eigenvalue weighted by molar-refractivity contribution is 7.14. The van der Waals surface area contributed by atoms with Crippen LogP contribution in [0.1, 0.15) is 17.5 Å². The average molecular weight is 469 g/mol. The quantitative estimate of drug-likeness (QED) is 0.437. The van der Waals surface area contributed by atoms with E-state index in [9.17, 15) is 14.4 Å². The lowest BCUT2D eigenvalue weighted by Gasteiger charge is -2.22. The highest BCUT2D eigenvalue weighted by Crippen LogP contribution is 2.41. The van der Waals surface area contributed by atoms with Gasteiger partial charge >= 0.3 is 6.03 Å². The van der Waals surface area contributed by atoms with E-state index < -0.39 is 17.5 Å². The SMILES string of the molecule is O=C(CN1C(=O)NC2(CCc3ccccc32)C1=O)Nc1nc(-c2ccc3ccccc3c2)cs1. The number of hydrogen-bond acceptors (Lipinski definition) is 5. The Morgan fingerprint density at radius 1 is 1.06 bits per heavy atom. The molecule has 1 spiro atoms. The van der Waals surface area contributed by atoms with Crippen LogP contribution >= 0.6 is 11.3 Å². The summed E-state index contributed by atoms with van der Waals surface area (Å²) in [5.74, 6) is -0.847. The molecule has 1 unspecified atom stereocenters. The van der Waals surface area contributed by atoms with Gasteiger partial charge in [0.05, 0.1) is 5.69 Å². The summed E-state index contributed by atoms with van der Waals surface area (Å²) in [4.78, 5) is 44.1. The molecular formula is C26H20N4O3S. The maximum atomic E-state index is 13.2. The van der Waals surface area contributed by atoms with E-state index in [1.54, 1.807) is 0 Å². The molecule has 6 rings (SSSR count). The molecule has 1 aliphatic carbocycles. The summed E-state index contributed by atoms with van der Waals surface area (Å²) in [6.07, 6.45) is 1.20. The van der Waals surface area contributed by atoms with Crippen molar-refractivity contribution < 1.29 is 14.4 Å². The second-order valence-electron chi connectivity index (χ2n) is 8.53. The van der Waals surface area contributed by atoms with E-state index in [-0.39, 0.29) is 12.5 Å². The van der Waals surface area contributed by atoms with Gasteiger partial charge in [0.1, 0.15) is 12.1 Å². The first-order valence-electron chi connectivity index (χ1n) is 11.0. The molecule has 34 heavy (non-hydrogen) atoms. The third-order valence-corrected chi connectivity index (χ3v) is 7.28. The summed E-state index contributed by atoms with van der Waals surface area (Å²) in [7, 11) is 0. The van der Waals surface area contributed by atoms with Crippen molar-refractivity contribution in [2.45, 2.75) is 18.4 Å². The Labute approximate surface area is 199 Å². The number of thiazole rings is 1. The van der Waals surface area contributed by atoms with E-state index in [1.165, 1.54) is 11.3 Å². The summed E-state index contributed by atoms with van der Waals surface area (Å²) < 4.78 is 0. The number of fused-ring (bicyclic) bond motifs is 3. The van der Waals surface area contributed by atoms with Crippen LogP contribution in [0.5, 0.6) is 0 Å². The third kappa shape index (κ3) is 3.26. The molecule has 1 atom stereocenters. The molecule has 168 valence electrons. The lowest BCUT2D eigenvalue weighted by molar-refractivity contribution is -0.134. The predicted molar refractivity (Wildman–Crippen MR) is 130 cm³/mol. The maximum absolute atomic E-state index is 13.2. The summed E-state index contributed by atoms with van der Waals surface area (Å²) in [5.41, 5.74) is 2.50. The molecule has 1 aromatic heterocycles. The van der Waals surface area contributed by atoms with Gasteiger partial charge in [0.25, 0.3) is 5.91 Å². The van der Waals surface area contributed by atoms with E-state index in [2.05, 4.69) is 27.8 Å². The number of rotatable bonds is 4. The van der Waals surface area contributed by atoms with Gasteiger partial charge in [-0.15, -0.1) is 11.3 Å². The fourth-order valence-corrected chi connectivity index (χ4v) is 5.58. The first-order chi connectivity index (χ1) is 16.5. The lowest BCUT2D eigenvalue weighted by atomic mass is 9.92. The Hall–Kier alpha value is -4.04. The molecule has 2 aliphatic rings. The molecule has 4 aromatic rings. The molecule has 1 saturated heterocycles. The van der Waals surface area contributed by atoms with Crippen molar-refractivity contribution in [2.24, 2.45) is 0 Å². The smallest absolute Gasteiger partial charge is 0.319 e. The zero-order valence-electron chi connectivity index (χ0n) is 18.1. The van der Waals surface area contributed by atoms with Crippen molar-refractivity contribution in [1.82, 2.24) is 15.2 Å². The van der Waals surface area contributed by atoms with Gasteiger partial charge in [-0.1, -0.05) is 60.7 Å². The van der Waals surface area contributed by atoms with E-state index in [4.69, 9.17) is 0 Å². The summed E-state index contributed by atoms with van der Waals surface area (Å²) in [6.45, 7) is -0.362. The first kappa shape index (κ1) is 20.6. The molecule has 0 bridgehead atoms. The lowest BCUT2D eigenvalue weighted by Crippen LogP contribution is -2.42. The zero-order valence-corrected chi connectivity index (χ0v) is 18.9. The number of nitrogens with one attached hydrogen (secondary N) is 2. The highest BCUT2D eigenvalue weighted by atomic mass is 32.1. The summed E-state index contributed by atoms with van der Waals surface area (Å²) in [5, 5.41) is 10.1. The predicted octanol–water partition coefficient (Wildman–Crippen LogP) is 4.30. The number of aryl methyl sites for hydroxylation is 1. The van der Waals surface area contributed by atoms with Gasteiger partial charge in [-0.25, -0.2) is 9.78 Å². The van der Waals surface area contributed by atoms with Crippen LogP contribution in [0, 0.1) is 0 Å². The van der Waals surface area contributed by atoms with Crippen LogP contribution in [0.15, 0.2) is 72.1 Å². The number of nitrogens with zero attached hydrogens (tertiary/aromatic N) is 2. The largest absolute Gasteiger partial charge is 0.325 e. The van der Waals surface area contributed by atoms with Crippen LogP contribution in [-0.4, -0.2) is 34.3 Å². The number of benzene rings is 3. The Morgan fingerprint density at radius 2 is 1.85 bits per heavy atom. The molecule has 0 radical (unpaired) electrons. The maximum Gasteiger partial charge on any atom is 0.325 e. The van der Waals surface area contributed by atoms with Gasteiger partial charge in [0.2, 0.25) is 5.91 Å². The average Bonchev–Trinajstić information content (AvgIpc) is 3.53. The van der Waals surface area contributed by atoms with Crippen molar-refractivity contribution >= 4 is 45.1 Å². The van der Waals surface area contributed by atoms with Crippen LogP contribution in [0.3, 0.4) is 0 Å². The normalized spacial score (nSPS) is 19.0. The molecule has 1 fully saturated rings. The number of imide groups is 1. The number of anilines is 1. The Morgan fingerprint density at radius 3 is 2.74 bits per heavy atom. The topological polar surface area (TPSA) is 91.4 Å². The van der Waals surface area contributed by atoms with Crippen molar-refractivity contribution in [1.29, 1.82) is 0 Å². The number of hydrogen-bond donors (Lipinski definition) is 2.